The molecule has 0 bridgehead atoms. The molecule has 4 nitrogen and oxygen atoms in total. The van der Waals surface area contributed by atoms with Gasteiger partial charge >= 0.3 is 0 Å². The molecule has 0 aliphatic carbocycles. The molecule has 1 atom stereocenters. The zero-order chi connectivity index (χ0) is 13.0. The number of benzene rings is 1. The fourth-order valence-corrected chi connectivity index (χ4v) is 2.26. The Morgan fingerprint density at radius 1 is 1.44 bits per heavy atom. The molecule has 0 aliphatic heterocycles. The second kappa shape index (κ2) is 5.65. The summed E-state index contributed by atoms with van der Waals surface area (Å²) in [4.78, 5) is 4.54. The Morgan fingerprint density at radius 2 is 2.22 bits per heavy atom. The van der Waals surface area contributed by atoms with Crippen molar-refractivity contribution in [3.8, 4) is 6.07 Å². The number of imidazole rings is 1. The first kappa shape index (κ1) is 12.6. The van der Waals surface area contributed by atoms with Gasteiger partial charge in [0.15, 0.2) is 0 Å². The Balaban J connectivity index is 2.39. The summed E-state index contributed by atoms with van der Waals surface area (Å²) in [7, 11) is 1.96. The molecule has 0 amide bonds. The van der Waals surface area contributed by atoms with Crippen molar-refractivity contribution in [3.63, 3.8) is 0 Å². The Kier molecular flexibility index (Phi) is 3.96. The first-order chi connectivity index (χ1) is 8.76. The van der Waals surface area contributed by atoms with Gasteiger partial charge < -0.3 is 9.88 Å². The first-order valence-corrected chi connectivity index (χ1v) is 6.22. The average molecular weight is 242 g/mol. The van der Waals surface area contributed by atoms with Crippen molar-refractivity contribution < 1.29 is 0 Å². The zero-order valence-corrected chi connectivity index (χ0v) is 10.8. The normalized spacial score (nSPS) is 12.5. The van der Waals surface area contributed by atoms with Gasteiger partial charge in [-0.25, -0.2) is 4.98 Å². The van der Waals surface area contributed by atoms with E-state index in [2.05, 4.69) is 33.9 Å². The van der Waals surface area contributed by atoms with Crippen LogP contribution in [-0.2, 0) is 13.0 Å². The highest BCUT2D eigenvalue weighted by Crippen LogP contribution is 2.18. The first-order valence-electron chi connectivity index (χ1n) is 6.22. The summed E-state index contributed by atoms with van der Waals surface area (Å²) in [5, 5.41) is 12.1. The second-order valence-corrected chi connectivity index (χ2v) is 4.63. The zero-order valence-electron chi connectivity index (χ0n) is 10.8. The predicted octanol–water partition coefficient (Wildman–Crippen LogP) is 1.96. The molecule has 2 rings (SSSR count). The van der Waals surface area contributed by atoms with Crippen molar-refractivity contribution in [1.82, 2.24) is 14.9 Å². The lowest BCUT2D eigenvalue weighted by molar-refractivity contribution is 0.462. The van der Waals surface area contributed by atoms with E-state index in [4.69, 9.17) is 5.26 Å². The van der Waals surface area contributed by atoms with Crippen molar-refractivity contribution in [1.29, 1.82) is 5.26 Å². The lowest BCUT2D eigenvalue weighted by Crippen LogP contribution is -2.21. The largest absolute Gasteiger partial charge is 0.327 e. The van der Waals surface area contributed by atoms with E-state index >= 15 is 0 Å². The van der Waals surface area contributed by atoms with Crippen LogP contribution in [0, 0.1) is 17.2 Å². The predicted molar refractivity (Wildman–Crippen MR) is 72.1 cm³/mol. The van der Waals surface area contributed by atoms with Crippen molar-refractivity contribution >= 4 is 11.0 Å². The number of nitriles is 1. The van der Waals surface area contributed by atoms with Gasteiger partial charge in [0, 0.05) is 6.54 Å². The van der Waals surface area contributed by atoms with E-state index in [1.54, 1.807) is 0 Å². The number of fused-ring (bicyclic) bond motifs is 1. The number of rotatable bonds is 5. The smallest absolute Gasteiger partial charge is 0.124 e. The summed E-state index contributed by atoms with van der Waals surface area (Å²) in [6, 6.07) is 10.2. The summed E-state index contributed by atoms with van der Waals surface area (Å²) < 4.78 is 2.17. The van der Waals surface area contributed by atoms with Crippen LogP contribution in [0.1, 0.15) is 12.7 Å². The molecule has 2 aromatic rings. The molecule has 0 saturated carbocycles. The quantitative estimate of drug-likeness (QED) is 0.872. The third-order valence-corrected chi connectivity index (χ3v) is 3.02. The molecule has 1 N–H and O–H groups in total. The number of hydrogen-bond acceptors (Lipinski definition) is 3. The highest BCUT2D eigenvalue weighted by molar-refractivity contribution is 5.75. The average Bonchev–Trinajstić information content (AvgIpc) is 2.69. The standard InChI is InChI=1S/C14H18N4/c1-11(9-16-2)10-18-13-6-4-3-5-12(13)17-14(18)7-8-15/h3-6,11,16H,7,9-10H2,1-2H3. The Bertz CT molecular complexity index is 565. The van der Waals surface area contributed by atoms with Crippen molar-refractivity contribution in [2.24, 2.45) is 5.92 Å². The van der Waals surface area contributed by atoms with Crippen LogP contribution in [0.5, 0.6) is 0 Å². The van der Waals surface area contributed by atoms with E-state index in [1.165, 1.54) is 0 Å². The van der Waals surface area contributed by atoms with Crippen LogP contribution < -0.4 is 5.32 Å². The van der Waals surface area contributed by atoms with Crippen molar-refractivity contribution in [2.45, 2.75) is 19.9 Å². The second-order valence-electron chi connectivity index (χ2n) is 4.63. The minimum absolute atomic E-state index is 0.362. The molecule has 0 radical (unpaired) electrons. The monoisotopic (exact) mass is 242 g/mol. The maximum atomic E-state index is 8.89. The van der Waals surface area contributed by atoms with Crippen LogP contribution in [-0.4, -0.2) is 23.1 Å². The maximum absolute atomic E-state index is 8.89. The summed E-state index contributed by atoms with van der Waals surface area (Å²) >= 11 is 0. The molecule has 1 unspecified atom stereocenters. The van der Waals surface area contributed by atoms with Crippen molar-refractivity contribution in [2.75, 3.05) is 13.6 Å². The number of hydrogen-bond donors (Lipinski definition) is 1. The van der Waals surface area contributed by atoms with E-state index in [9.17, 15) is 0 Å². The summed E-state index contributed by atoms with van der Waals surface area (Å²) in [6.07, 6.45) is 0.362. The molecule has 0 spiro atoms. The van der Waals surface area contributed by atoms with Crippen LogP contribution in [0.25, 0.3) is 11.0 Å². The third kappa shape index (κ3) is 2.52. The molecule has 0 saturated heterocycles. The van der Waals surface area contributed by atoms with Gasteiger partial charge in [0.05, 0.1) is 23.5 Å². The number of para-hydroxylation sites is 2. The van der Waals surface area contributed by atoms with Crippen LogP contribution in [0.4, 0.5) is 0 Å². The van der Waals surface area contributed by atoms with Crippen LogP contribution in [0.2, 0.25) is 0 Å². The lowest BCUT2D eigenvalue weighted by Gasteiger charge is -2.14. The van der Waals surface area contributed by atoms with E-state index < -0.39 is 0 Å². The molecule has 1 aromatic carbocycles. The van der Waals surface area contributed by atoms with E-state index in [0.717, 1.165) is 29.9 Å². The van der Waals surface area contributed by atoms with Crippen LogP contribution in [0.15, 0.2) is 24.3 Å². The van der Waals surface area contributed by atoms with Crippen molar-refractivity contribution in [3.05, 3.63) is 30.1 Å². The summed E-state index contributed by atoms with van der Waals surface area (Å²) in [5.74, 6) is 1.37. The molecule has 4 heteroatoms. The number of nitrogens with one attached hydrogen (secondary N) is 1. The molecule has 0 fully saturated rings. The van der Waals surface area contributed by atoms with Gasteiger partial charge in [-0.15, -0.1) is 0 Å². The summed E-state index contributed by atoms with van der Waals surface area (Å²) in [5.41, 5.74) is 2.09. The minimum atomic E-state index is 0.362. The highest BCUT2D eigenvalue weighted by Gasteiger charge is 2.12. The molecular formula is C14H18N4. The van der Waals surface area contributed by atoms with Crippen LogP contribution >= 0.6 is 0 Å². The fourth-order valence-electron chi connectivity index (χ4n) is 2.26. The number of aromatic nitrogens is 2. The van der Waals surface area contributed by atoms with Gasteiger partial charge in [0.2, 0.25) is 0 Å². The van der Waals surface area contributed by atoms with E-state index in [0.29, 0.717) is 12.3 Å². The molecule has 1 aromatic heterocycles. The minimum Gasteiger partial charge on any atom is -0.327 e. The fraction of sp³-hybridized carbons (Fsp3) is 0.429. The SMILES string of the molecule is CNCC(C)Cn1c(CC#N)nc2ccccc21. The molecule has 18 heavy (non-hydrogen) atoms. The van der Waals surface area contributed by atoms with Gasteiger partial charge in [0.1, 0.15) is 5.82 Å². The molecular weight excluding hydrogens is 224 g/mol. The summed E-state index contributed by atoms with van der Waals surface area (Å²) in [6.45, 7) is 4.04. The van der Waals surface area contributed by atoms with Gasteiger partial charge in [-0.3, -0.25) is 0 Å². The number of nitrogens with zero attached hydrogens (tertiary/aromatic N) is 3. The molecule has 1 heterocycles. The Labute approximate surface area is 107 Å². The Hall–Kier alpha value is -1.86. The lowest BCUT2D eigenvalue weighted by atomic mass is 10.1. The van der Waals surface area contributed by atoms with E-state index in [-0.39, 0.29) is 0 Å². The van der Waals surface area contributed by atoms with Gasteiger partial charge in [-0.05, 0) is 31.6 Å². The van der Waals surface area contributed by atoms with Gasteiger partial charge in [0.25, 0.3) is 0 Å². The molecule has 0 aliphatic rings. The third-order valence-electron chi connectivity index (χ3n) is 3.02. The highest BCUT2D eigenvalue weighted by atomic mass is 15.1. The topological polar surface area (TPSA) is 53.6 Å². The maximum Gasteiger partial charge on any atom is 0.124 e. The van der Waals surface area contributed by atoms with E-state index in [1.807, 2.05) is 25.2 Å². The molecule has 94 valence electrons. The van der Waals surface area contributed by atoms with Crippen LogP contribution in [0.3, 0.4) is 0 Å². The Morgan fingerprint density at radius 3 is 2.94 bits per heavy atom. The van der Waals surface area contributed by atoms with Gasteiger partial charge in [-0.1, -0.05) is 19.1 Å². The van der Waals surface area contributed by atoms with Gasteiger partial charge in [-0.2, -0.15) is 5.26 Å².